The van der Waals surface area contributed by atoms with Gasteiger partial charge < -0.3 is 20.5 Å². The van der Waals surface area contributed by atoms with E-state index < -0.39 is 23.6 Å². The van der Waals surface area contributed by atoms with Crippen LogP contribution in [0.4, 0.5) is 30.6 Å². The molecule has 1 fully saturated rings. The number of rotatable bonds is 7. The van der Waals surface area contributed by atoms with Crippen molar-refractivity contribution in [3.63, 3.8) is 0 Å². The van der Waals surface area contributed by atoms with Crippen LogP contribution in [0.15, 0.2) is 48.8 Å². The average Bonchev–Trinajstić information content (AvgIpc) is 2.83. The van der Waals surface area contributed by atoms with Gasteiger partial charge in [-0.3, -0.25) is 4.79 Å². The fraction of sp³-hybridized carbons (Fsp3) is 0.360. The summed E-state index contributed by atoms with van der Waals surface area (Å²) in [6.45, 7) is 1.86. The molecule has 3 N–H and O–H groups in total. The van der Waals surface area contributed by atoms with E-state index in [0.29, 0.717) is 36.6 Å². The van der Waals surface area contributed by atoms with Crippen molar-refractivity contribution in [2.45, 2.75) is 44.5 Å². The minimum absolute atomic E-state index is 0.0387. The van der Waals surface area contributed by atoms with Crippen LogP contribution in [0.5, 0.6) is 0 Å². The Bertz CT molecular complexity index is 1220. The van der Waals surface area contributed by atoms with E-state index in [-0.39, 0.29) is 18.0 Å². The quantitative estimate of drug-likeness (QED) is 0.401. The highest BCUT2D eigenvalue weighted by Gasteiger charge is 2.35. The summed E-state index contributed by atoms with van der Waals surface area (Å²) >= 11 is 0. The van der Waals surface area contributed by atoms with Gasteiger partial charge in [0.25, 0.3) is 0 Å². The highest BCUT2D eigenvalue weighted by Crippen LogP contribution is 2.31. The first-order valence-electron chi connectivity index (χ1n) is 11.4. The first-order chi connectivity index (χ1) is 17.1. The van der Waals surface area contributed by atoms with Crippen LogP contribution in [0.2, 0.25) is 0 Å². The molecule has 0 saturated heterocycles. The van der Waals surface area contributed by atoms with Crippen molar-refractivity contribution in [1.29, 1.82) is 0 Å². The Hall–Kier alpha value is -3.73. The molecular weight excluding hydrogens is 475 g/mol. The molecule has 0 amide bonds. The number of anilines is 3. The monoisotopic (exact) mass is 501 g/mol. The van der Waals surface area contributed by atoms with Crippen molar-refractivity contribution in [3.05, 3.63) is 59.9 Å². The molecule has 1 aliphatic carbocycles. The highest BCUT2D eigenvalue weighted by atomic mass is 19.4. The second kappa shape index (κ2) is 10.5. The zero-order valence-corrected chi connectivity index (χ0v) is 19.7. The van der Waals surface area contributed by atoms with Crippen molar-refractivity contribution in [3.8, 4) is 11.3 Å². The zero-order chi connectivity index (χ0) is 25.9. The number of alkyl halides is 3. The largest absolute Gasteiger partial charge is 0.481 e. The van der Waals surface area contributed by atoms with Crippen LogP contribution in [-0.4, -0.2) is 45.3 Å². The summed E-state index contributed by atoms with van der Waals surface area (Å²) in [6.07, 6.45) is -0.290. The number of carboxylic acid groups (broad SMARTS) is 1. The number of pyridine rings is 3. The van der Waals surface area contributed by atoms with Gasteiger partial charge in [0.05, 0.1) is 23.3 Å². The molecule has 3 atom stereocenters. The minimum atomic E-state index is -4.47. The molecule has 190 valence electrons. The van der Waals surface area contributed by atoms with Gasteiger partial charge in [-0.15, -0.1) is 0 Å². The average molecular weight is 502 g/mol. The van der Waals surface area contributed by atoms with Crippen LogP contribution in [-0.2, 0) is 15.7 Å². The fourth-order valence-electron chi connectivity index (χ4n) is 4.33. The molecule has 11 heteroatoms. The second-order valence-corrected chi connectivity index (χ2v) is 8.77. The minimum Gasteiger partial charge on any atom is -0.481 e. The van der Waals surface area contributed by atoms with E-state index in [2.05, 4.69) is 25.6 Å². The summed E-state index contributed by atoms with van der Waals surface area (Å²) in [5.41, 5.74) is 1.39. The van der Waals surface area contributed by atoms with Gasteiger partial charge in [-0.2, -0.15) is 13.2 Å². The van der Waals surface area contributed by atoms with E-state index in [0.717, 1.165) is 29.5 Å². The summed E-state index contributed by atoms with van der Waals surface area (Å²) in [5, 5.41) is 15.5. The predicted molar refractivity (Wildman–Crippen MR) is 128 cm³/mol. The van der Waals surface area contributed by atoms with Gasteiger partial charge in [-0.05, 0) is 68.1 Å². The van der Waals surface area contributed by atoms with Crippen molar-refractivity contribution < 1.29 is 27.8 Å². The summed E-state index contributed by atoms with van der Waals surface area (Å²) in [5.74, 6) is -0.305. The number of methoxy groups -OCH3 is 1. The van der Waals surface area contributed by atoms with Crippen LogP contribution in [0.3, 0.4) is 0 Å². The number of halogens is 3. The lowest BCUT2D eigenvalue weighted by atomic mass is 9.83. The molecule has 0 spiro atoms. The number of nitrogens with one attached hydrogen (secondary N) is 2. The first-order valence-corrected chi connectivity index (χ1v) is 11.4. The number of hydrogen-bond acceptors (Lipinski definition) is 7. The van der Waals surface area contributed by atoms with E-state index in [9.17, 15) is 23.1 Å². The topological polar surface area (TPSA) is 109 Å². The maximum atomic E-state index is 13.0. The molecule has 1 unspecified atom stereocenters. The second-order valence-electron chi connectivity index (χ2n) is 8.77. The highest BCUT2D eigenvalue weighted by molar-refractivity contribution is 5.71. The Morgan fingerprint density at radius 2 is 1.89 bits per heavy atom. The number of carbonyl (C=O) groups is 1. The van der Waals surface area contributed by atoms with Crippen LogP contribution in [0.1, 0.15) is 30.4 Å². The molecule has 36 heavy (non-hydrogen) atoms. The van der Waals surface area contributed by atoms with Gasteiger partial charge in [0.15, 0.2) is 0 Å². The number of carboxylic acids is 1. The maximum absolute atomic E-state index is 13.0. The summed E-state index contributed by atoms with van der Waals surface area (Å²) in [7, 11) is 1.52. The molecule has 3 aromatic rings. The number of nitrogens with zero attached hydrogens (tertiary/aromatic N) is 3. The molecule has 4 rings (SSSR count). The SMILES string of the molecule is COC1C[C@@H](Nc2ccc(-c3cc(C)cc(Nc4cc(C(F)(F)F)ccn4)n3)cn2)CC[C@H]1C(=O)O. The molecule has 1 aliphatic rings. The normalized spacial score (nSPS) is 20.1. The maximum Gasteiger partial charge on any atom is 0.416 e. The first kappa shape index (κ1) is 25.4. The molecule has 0 aromatic carbocycles. The predicted octanol–water partition coefficient (Wildman–Crippen LogP) is 5.29. The molecule has 8 nitrogen and oxygen atoms in total. The van der Waals surface area contributed by atoms with E-state index in [1.54, 1.807) is 12.3 Å². The van der Waals surface area contributed by atoms with Crippen molar-refractivity contribution in [2.24, 2.45) is 5.92 Å². The third kappa shape index (κ3) is 6.09. The van der Waals surface area contributed by atoms with Gasteiger partial charge in [-0.25, -0.2) is 15.0 Å². The number of aliphatic carboxylic acids is 1. The van der Waals surface area contributed by atoms with Crippen LogP contribution in [0, 0.1) is 12.8 Å². The summed E-state index contributed by atoms with van der Waals surface area (Å²) in [6, 6.07) is 9.11. The lowest BCUT2D eigenvalue weighted by molar-refractivity contribution is -0.148. The lowest BCUT2D eigenvalue weighted by Gasteiger charge is -2.33. The molecule has 3 heterocycles. The third-order valence-corrected chi connectivity index (χ3v) is 6.14. The Labute approximate surface area is 206 Å². The van der Waals surface area contributed by atoms with Gasteiger partial charge in [0.2, 0.25) is 0 Å². The zero-order valence-electron chi connectivity index (χ0n) is 19.7. The van der Waals surface area contributed by atoms with Crippen LogP contribution in [0.25, 0.3) is 11.3 Å². The van der Waals surface area contributed by atoms with Crippen molar-refractivity contribution in [1.82, 2.24) is 15.0 Å². The number of hydrogen-bond donors (Lipinski definition) is 3. The molecule has 0 aliphatic heterocycles. The van der Waals surface area contributed by atoms with Crippen LogP contribution >= 0.6 is 0 Å². The molecule has 3 aromatic heterocycles. The van der Waals surface area contributed by atoms with E-state index in [4.69, 9.17) is 4.74 Å². The number of ether oxygens (including phenoxy) is 1. The molecule has 1 saturated carbocycles. The Morgan fingerprint density at radius 1 is 1.08 bits per heavy atom. The number of aryl methyl sites for hydroxylation is 1. The third-order valence-electron chi connectivity index (χ3n) is 6.14. The Balaban J connectivity index is 1.46. The van der Waals surface area contributed by atoms with Gasteiger partial charge >= 0.3 is 12.1 Å². The van der Waals surface area contributed by atoms with E-state index >= 15 is 0 Å². The summed E-state index contributed by atoms with van der Waals surface area (Å²) < 4.78 is 44.4. The Kier molecular flexibility index (Phi) is 7.39. The lowest BCUT2D eigenvalue weighted by Crippen LogP contribution is -2.40. The Morgan fingerprint density at radius 3 is 2.56 bits per heavy atom. The van der Waals surface area contributed by atoms with E-state index in [1.807, 2.05) is 25.1 Å². The van der Waals surface area contributed by atoms with Crippen LogP contribution < -0.4 is 10.6 Å². The smallest absolute Gasteiger partial charge is 0.416 e. The van der Waals surface area contributed by atoms with Gasteiger partial charge in [-0.1, -0.05) is 0 Å². The molecule has 0 radical (unpaired) electrons. The van der Waals surface area contributed by atoms with E-state index in [1.165, 1.54) is 7.11 Å². The fourth-order valence-corrected chi connectivity index (χ4v) is 4.33. The van der Waals surface area contributed by atoms with Gasteiger partial charge in [0.1, 0.15) is 17.5 Å². The number of aromatic nitrogens is 3. The standard InChI is InChI=1S/C25H26F3N5O3/c1-14-9-19(32-23(10-14)33-22-11-16(7-8-29-22)25(26,27)28)15-3-6-21(30-13-15)31-17-4-5-18(24(34)35)20(12-17)36-2/h3,6-11,13,17-18,20H,4-5,12H2,1-2H3,(H,30,31)(H,34,35)(H,29,32,33)/t17-,18+,20?/m0/s1. The van der Waals surface area contributed by atoms with Crippen molar-refractivity contribution in [2.75, 3.05) is 17.7 Å². The molecular formula is C25H26F3N5O3. The van der Waals surface area contributed by atoms with Gasteiger partial charge in [0, 0.05) is 31.1 Å². The summed E-state index contributed by atoms with van der Waals surface area (Å²) in [4.78, 5) is 24.3. The van der Waals surface area contributed by atoms with Crippen molar-refractivity contribution >= 4 is 23.4 Å². The molecule has 0 bridgehead atoms.